The van der Waals surface area contributed by atoms with Gasteiger partial charge in [-0.3, -0.25) is 4.79 Å². The third-order valence-corrected chi connectivity index (χ3v) is 3.33. The van der Waals surface area contributed by atoms with Crippen LogP contribution in [0.2, 0.25) is 10.4 Å². The van der Waals surface area contributed by atoms with Crippen LogP contribution in [0.25, 0.3) is 0 Å². The van der Waals surface area contributed by atoms with E-state index in [1.165, 1.54) is 0 Å². The number of fused-ring (bicyclic) bond motifs is 1. The zero-order chi connectivity index (χ0) is 11.9. The molecule has 1 aromatic rings. The van der Waals surface area contributed by atoms with Gasteiger partial charge in [0, 0.05) is 11.6 Å². The van der Waals surface area contributed by atoms with E-state index in [0.717, 1.165) is 6.42 Å². The van der Waals surface area contributed by atoms with Gasteiger partial charge in [-0.25, -0.2) is 9.97 Å². The van der Waals surface area contributed by atoms with Crippen molar-refractivity contribution in [3.05, 3.63) is 21.7 Å². The highest BCUT2D eigenvalue weighted by atomic mass is 35.5. The number of amides is 1. The molecule has 1 aromatic heterocycles. The molecular formula is C10H11Cl2N3O. The molecule has 4 nitrogen and oxygen atoms in total. The van der Waals surface area contributed by atoms with Crippen LogP contribution in [0.1, 0.15) is 36.3 Å². The van der Waals surface area contributed by atoms with Crippen LogP contribution in [0, 0.1) is 0 Å². The summed E-state index contributed by atoms with van der Waals surface area (Å²) >= 11 is 11.6. The molecule has 0 fully saturated rings. The number of hydrogen-bond acceptors (Lipinski definition) is 3. The number of carbonyl (C=O) groups is 1. The van der Waals surface area contributed by atoms with Gasteiger partial charge >= 0.3 is 0 Å². The average Bonchev–Trinajstić information content (AvgIpc) is 2.56. The summed E-state index contributed by atoms with van der Waals surface area (Å²) in [5, 5.41) is 0.289. The summed E-state index contributed by atoms with van der Waals surface area (Å²) in [7, 11) is 0. The summed E-state index contributed by atoms with van der Waals surface area (Å²) in [6.07, 6.45) is 0.887. The Morgan fingerprint density at radius 2 is 2.12 bits per heavy atom. The van der Waals surface area contributed by atoms with Gasteiger partial charge in [0.2, 0.25) is 5.28 Å². The number of halogens is 2. The summed E-state index contributed by atoms with van der Waals surface area (Å²) in [5.74, 6) is -0.115. The van der Waals surface area contributed by atoms with E-state index in [2.05, 4.69) is 9.97 Å². The molecule has 2 rings (SSSR count). The summed E-state index contributed by atoms with van der Waals surface area (Å²) in [6.45, 7) is 4.49. The summed E-state index contributed by atoms with van der Waals surface area (Å²) in [5.41, 5.74) is 1.02. The summed E-state index contributed by atoms with van der Waals surface area (Å²) < 4.78 is 0. The first-order valence-corrected chi connectivity index (χ1v) is 5.83. The highest BCUT2D eigenvalue weighted by molar-refractivity contribution is 6.33. The van der Waals surface area contributed by atoms with Gasteiger partial charge in [-0.2, -0.15) is 0 Å². The zero-order valence-electron chi connectivity index (χ0n) is 9.00. The number of hydrogen-bond donors (Lipinski definition) is 0. The summed E-state index contributed by atoms with van der Waals surface area (Å²) in [4.78, 5) is 21.5. The molecule has 1 atom stereocenters. The zero-order valence-corrected chi connectivity index (χ0v) is 10.5. The van der Waals surface area contributed by atoms with Gasteiger partial charge in [-0.05, 0) is 24.9 Å². The van der Waals surface area contributed by atoms with Crippen LogP contribution < -0.4 is 0 Å². The van der Waals surface area contributed by atoms with E-state index in [4.69, 9.17) is 23.2 Å². The van der Waals surface area contributed by atoms with Gasteiger partial charge in [-0.15, -0.1) is 0 Å². The van der Waals surface area contributed by atoms with E-state index in [0.29, 0.717) is 17.8 Å². The minimum Gasteiger partial charge on any atom is -0.330 e. The van der Waals surface area contributed by atoms with Gasteiger partial charge in [0.15, 0.2) is 0 Å². The molecular weight excluding hydrogens is 249 g/mol. The number of carbonyl (C=O) groups excluding carboxylic acids is 1. The van der Waals surface area contributed by atoms with E-state index in [1.54, 1.807) is 4.90 Å². The van der Waals surface area contributed by atoms with Crippen LogP contribution >= 0.6 is 23.2 Å². The lowest BCUT2D eigenvalue weighted by molar-refractivity contribution is 0.0709. The topological polar surface area (TPSA) is 46.1 Å². The molecule has 16 heavy (non-hydrogen) atoms. The lowest BCUT2D eigenvalue weighted by atomic mass is 10.2. The maximum absolute atomic E-state index is 12.0. The molecule has 2 heterocycles. The van der Waals surface area contributed by atoms with Crippen LogP contribution in [0.5, 0.6) is 0 Å². The Labute approximate surface area is 104 Å². The Morgan fingerprint density at radius 3 is 2.75 bits per heavy atom. The molecule has 1 unspecified atom stereocenters. The predicted octanol–water partition coefficient (Wildman–Crippen LogP) is 2.54. The van der Waals surface area contributed by atoms with Crippen molar-refractivity contribution >= 4 is 29.1 Å². The fourth-order valence-electron chi connectivity index (χ4n) is 1.70. The average molecular weight is 260 g/mol. The van der Waals surface area contributed by atoms with Crippen LogP contribution in [0.4, 0.5) is 0 Å². The van der Waals surface area contributed by atoms with Gasteiger partial charge in [0.25, 0.3) is 5.91 Å². The molecule has 0 saturated heterocycles. The van der Waals surface area contributed by atoms with E-state index in [-0.39, 0.29) is 22.4 Å². The standard InChI is InChI=1S/C10H11Cl2N3O/c1-3-5(2)15-4-6-7(9(15)16)13-10(12)14-8(6)11/h5H,3-4H2,1-2H3. The molecule has 0 N–H and O–H groups in total. The van der Waals surface area contributed by atoms with Crippen molar-refractivity contribution < 1.29 is 4.79 Å². The third-order valence-electron chi connectivity index (χ3n) is 2.84. The second-order valence-electron chi connectivity index (χ2n) is 3.80. The smallest absolute Gasteiger partial charge is 0.273 e. The van der Waals surface area contributed by atoms with Crippen LogP contribution in [0.15, 0.2) is 0 Å². The predicted molar refractivity (Wildman–Crippen MR) is 61.7 cm³/mol. The lowest BCUT2D eigenvalue weighted by Crippen LogP contribution is -2.32. The first-order chi connectivity index (χ1) is 7.54. The monoisotopic (exact) mass is 259 g/mol. The van der Waals surface area contributed by atoms with Crippen LogP contribution in [0.3, 0.4) is 0 Å². The Kier molecular flexibility index (Phi) is 3.04. The van der Waals surface area contributed by atoms with Crippen molar-refractivity contribution in [2.75, 3.05) is 0 Å². The molecule has 0 spiro atoms. The van der Waals surface area contributed by atoms with Crippen molar-refractivity contribution in [1.82, 2.24) is 14.9 Å². The van der Waals surface area contributed by atoms with Crippen molar-refractivity contribution in [3.8, 4) is 0 Å². The number of nitrogens with zero attached hydrogens (tertiary/aromatic N) is 3. The van der Waals surface area contributed by atoms with Crippen molar-refractivity contribution in [2.24, 2.45) is 0 Å². The number of rotatable bonds is 2. The van der Waals surface area contributed by atoms with E-state index < -0.39 is 0 Å². The minimum absolute atomic E-state index is 0.0168. The quantitative estimate of drug-likeness (QED) is 0.606. The normalized spacial score (nSPS) is 16.5. The Morgan fingerprint density at radius 1 is 1.44 bits per heavy atom. The van der Waals surface area contributed by atoms with Crippen LogP contribution in [-0.2, 0) is 6.54 Å². The second kappa shape index (κ2) is 4.18. The molecule has 0 radical (unpaired) electrons. The SMILES string of the molecule is CCC(C)N1Cc2c(Cl)nc(Cl)nc2C1=O. The Balaban J connectivity index is 2.42. The van der Waals surface area contributed by atoms with Crippen molar-refractivity contribution in [2.45, 2.75) is 32.9 Å². The molecule has 0 aromatic carbocycles. The maximum atomic E-state index is 12.0. The maximum Gasteiger partial charge on any atom is 0.273 e. The summed E-state index contributed by atoms with van der Waals surface area (Å²) in [6, 6.07) is 0.163. The minimum atomic E-state index is -0.115. The highest BCUT2D eigenvalue weighted by Gasteiger charge is 2.34. The van der Waals surface area contributed by atoms with Crippen molar-refractivity contribution in [1.29, 1.82) is 0 Å². The molecule has 1 aliphatic rings. The fourth-order valence-corrected chi connectivity index (χ4v) is 2.14. The van der Waals surface area contributed by atoms with Gasteiger partial charge in [0.1, 0.15) is 10.8 Å². The molecule has 1 amide bonds. The van der Waals surface area contributed by atoms with Gasteiger partial charge < -0.3 is 4.90 Å². The highest BCUT2D eigenvalue weighted by Crippen LogP contribution is 2.29. The Hall–Kier alpha value is -0.870. The molecule has 6 heteroatoms. The first-order valence-electron chi connectivity index (χ1n) is 5.07. The molecule has 1 aliphatic heterocycles. The van der Waals surface area contributed by atoms with Gasteiger partial charge in [-0.1, -0.05) is 18.5 Å². The van der Waals surface area contributed by atoms with Gasteiger partial charge in [0.05, 0.1) is 6.54 Å². The molecule has 86 valence electrons. The van der Waals surface area contributed by atoms with Crippen LogP contribution in [-0.4, -0.2) is 26.8 Å². The largest absolute Gasteiger partial charge is 0.330 e. The Bertz CT molecular complexity index is 450. The van der Waals surface area contributed by atoms with E-state index in [1.807, 2.05) is 13.8 Å². The van der Waals surface area contributed by atoms with E-state index in [9.17, 15) is 4.79 Å². The molecule has 0 bridgehead atoms. The molecule has 0 aliphatic carbocycles. The number of aromatic nitrogens is 2. The fraction of sp³-hybridized carbons (Fsp3) is 0.500. The van der Waals surface area contributed by atoms with Crippen molar-refractivity contribution in [3.63, 3.8) is 0 Å². The molecule has 0 saturated carbocycles. The second-order valence-corrected chi connectivity index (χ2v) is 4.50. The third kappa shape index (κ3) is 1.76. The first kappa shape index (κ1) is 11.6. The lowest BCUT2D eigenvalue weighted by Gasteiger charge is -2.22. The van der Waals surface area contributed by atoms with E-state index >= 15 is 0 Å².